The normalized spacial score (nSPS) is 26.3. The molecule has 2 atom stereocenters. The summed E-state index contributed by atoms with van der Waals surface area (Å²) in [6.07, 6.45) is 1.81. The van der Waals surface area contributed by atoms with Crippen molar-refractivity contribution in [3.8, 4) is 0 Å². The fourth-order valence-corrected chi connectivity index (χ4v) is 5.38. The van der Waals surface area contributed by atoms with Crippen molar-refractivity contribution in [2.45, 2.75) is 44.0 Å². The molecule has 2 saturated heterocycles. The molecule has 2 fully saturated rings. The van der Waals surface area contributed by atoms with Crippen molar-refractivity contribution in [1.82, 2.24) is 9.21 Å². The van der Waals surface area contributed by atoms with Crippen LogP contribution in [0.3, 0.4) is 0 Å². The van der Waals surface area contributed by atoms with Crippen LogP contribution in [0, 0.1) is 6.92 Å². The Labute approximate surface area is 132 Å². The standard InChI is InChI=1S/C16H22N2O3S/c1-12-3-5-13(6-4-12)11-22(20,21)18-10-9-14-15(18)7-8-16(19)17(14)2/h3-6,14-15H,7-11H2,1-2H3/t14-,15-/m1/s1. The molecule has 2 aliphatic rings. The average Bonchev–Trinajstić information content (AvgIpc) is 2.91. The Hall–Kier alpha value is -1.40. The second-order valence-corrected chi connectivity index (χ2v) is 8.24. The zero-order valence-corrected chi connectivity index (χ0v) is 13.8. The van der Waals surface area contributed by atoms with Crippen molar-refractivity contribution in [2.24, 2.45) is 0 Å². The SMILES string of the molecule is Cc1ccc(CS(=O)(=O)N2CC[C@@H]3[C@H]2CCC(=O)N3C)cc1. The molecule has 1 aromatic rings. The van der Waals surface area contributed by atoms with E-state index in [0.717, 1.165) is 17.5 Å². The highest BCUT2D eigenvalue weighted by Gasteiger charge is 2.45. The summed E-state index contributed by atoms with van der Waals surface area (Å²) in [7, 11) is -1.55. The average molecular weight is 322 g/mol. The Bertz CT molecular complexity index is 669. The summed E-state index contributed by atoms with van der Waals surface area (Å²) in [4.78, 5) is 13.5. The summed E-state index contributed by atoms with van der Waals surface area (Å²) >= 11 is 0. The van der Waals surface area contributed by atoms with E-state index < -0.39 is 10.0 Å². The van der Waals surface area contributed by atoms with E-state index >= 15 is 0 Å². The van der Waals surface area contributed by atoms with Crippen LogP contribution in [0.5, 0.6) is 0 Å². The van der Waals surface area contributed by atoms with E-state index in [-0.39, 0.29) is 23.7 Å². The Morgan fingerprint density at radius 3 is 2.50 bits per heavy atom. The number of piperidine rings is 1. The van der Waals surface area contributed by atoms with Crippen LogP contribution in [0.4, 0.5) is 0 Å². The fourth-order valence-electron chi connectivity index (χ4n) is 3.55. The molecular weight excluding hydrogens is 300 g/mol. The van der Waals surface area contributed by atoms with Crippen LogP contribution in [0.1, 0.15) is 30.4 Å². The van der Waals surface area contributed by atoms with Crippen LogP contribution in [0.15, 0.2) is 24.3 Å². The lowest BCUT2D eigenvalue weighted by Gasteiger charge is -2.37. The van der Waals surface area contributed by atoms with Crippen LogP contribution in [0.2, 0.25) is 0 Å². The minimum Gasteiger partial charge on any atom is -0.341 e. The zero-order valence-electron chi connectivity index (χ0n) is 13.0. The number of carbonyl (C=O) groups is 1. The maximum absolute atomic E-state index is 12.8. The van der Waals surface area contributed by atoms with Gasteiger partial charge in [-0.25, -0.2) is 8.42 Å². The number of amides is 1. The molecule has 0 spiro atoms. The van der Waals surface area contributed by atoms with Gasteiger partial charge in [-0.2, -0.15) is 4.31 Å². The van der Waals surface area contributed by atoms with Crippen LogP contribution in [-0.2, 0) is 20.6 Å². The molecule has 2 aliphatic heterocycles. The molecular formula is C16H22N2O3S. The molecule has 0 N–H and O–H groups in total. The second kappa shape index (κ2) is 5.66. The van der Waals surface area contributed by atoms with Gasteiger partial charge in [-0.15, -0.1) is 0 Å². The van der Waals surface area contributed by atoms with E-state index in [1.807, 2.05) is 31.2 Å². The first-order valence-corrected chi connectivity index (χ1v) is 9.30. The molecule has 2 heterocycles. The number of benzene rings is 1. The van der Waals surface area contributed by atoms with E-state index in [0.29, 0.717) is 19.4 Å². The van der Waals surface area contributed by atoms with Crippen molar-refractivity contribution in [2.75, 3.05) is 13.6 Å². The third kappa shape index (κ3) is 2.77. The summed E-state index contributed by atoms with van der Waals surface area (Å²) in [6.45, 7) is 2.50. The molecule has 22 heavy (non-hydrogen) atoms. The maximum Gasteiger partial charge on any atom is 0.222 e. The van der Waals surface area contributed by atoms with Gasteiger partial charge in [0.05, 0.1) is 5.75 Å². The molecule has 0 bridgehead atoms. The summed E-state index contributed by atoms with van der Waals surface area (Å²) in [5, 5.41) is 0. The highest BCUT2D eigenvalue weighted by atomic mass is 32.2. The predicted molar refractivity (Wildman–Crippen MR) is 84.7 cm³/mol. The number of hydrogen-bond donors (Lipinski definition) is 0. The largest absolute Gasteiger partial charge is 0.341 e. The van der Waals surface area contributed by atoms with Crippen LogP contribution >= 0.6 is 0 Å². The van der Waals surface area contributed by atoms with Gasteiger partial charge in [0.25, 0.3) is 0 Å². The van der Waals surface area contributed by atoms with Crippen molar-refractivity contribution < 1.29 is 13.2 Å². The lowest BCUT2D eigenvalue weighted by molar-refractivity contribution is -0.135. The first-order valence-electron chi connectivity index (χ1n) is 7.69. The third-order valence-electron chi connectivity index (χ3n) is 4.83. The first kappa shape index (κ1) is 15.5. The van der Waals surface area contributed by atoms with Gasteiger partial charge in [0.2, 0.25) is 15.9 Å². The number of sulfonamides is 1. The molecule has 6 heteroatoms. The van der Waals surface area contributed by atoms with E-state index in [1.54, 1.807) is 16.3 Å². The summed E-state index contributed by atoms with van der Waals surface area (Å²) < 4.78 is 27.1. The maximum atomic E-state index is 12.8. The molecule has 1 amide bonds. The topological polar surface area (TPSA) is 57.7 Å². The minimum atomic E-state index is -3.34. The van der Waals surface area contributed by atoms with Gasteiger partial charge in [0, 0.05) is 32.1 Å². The van der Waals surface area contributed by atoms with E-state index in [1.165, 1.54) is 0 Å². The highest BCUT2D eigenvalue weighted by molar-refractivity contribution is 7.88. The Balaban J connectivity index is 1.78. The van der Waals surface area contributed by atoms with Crippen molar-refractivity contribution in [1.29, 1.82) is 0 Å². The number of hydrogen-bond acceptors (Lipinski definition) is 3. The van der Waals surface area contributed by atoms with Crippen molar-refractivity contribution >= 4 is 15.9 Å². The summed E-state index contributed by atoms with van der Waals surface area (Å²) in [5.41, 5.74) is 1.93. The van der Waals surface area contributed by atoms with Gasteiger partial charge >= 0.3 is 0 Å². The van der Waals surface area contributed by atoms with E-state index in [4.69, 9.17) is 0 Å². The summed E-state index contributed by atoms with van der Waals surface area (Å²) in [5.74, 6) is 0.160. The minimum absolute atomic E-state index is 0.0359. The van der Waals surface area contributed by atoms with Gasteiger partial charge in [-0.3, -0.25) is 4.79 Å². The Morgan fingerprint density at radius 2 is 1.82 bits per heavy atom. The van der Waals surface area contributed by atoms with Crippen LogP contribution < -0.4 is 0 Å². The number of rotatable bonds is 3. The second-order valence-electron chi connectivity index (χ2n) is 6.32. The lowest BCUT2D eigenvalue weighted by atomic mass is 9.98. The zero-order chi connectivity index (χ0) is 15.9. The van der Waals surface area contributed by atoms with E-state index in [2.05, 4.69) is 0 Å². The van der Waals surface area contributed by atoms with Crippen molar-refractivity contribution in [3.05, 3.63) is 35.4 Å². The smallest absolute Gasteiger partial charge is 0.222 e. The van der Waals surface area contributed by atoms with Gasteiger partial charge in [-0.05, 0) is 25.3 Å². The Kier molecular flexibility index (Phi) is 3.99. The van der Waals surface area contributed by atoms with E-state index in [9.17, 15) is 13.2 Å². The molecule has 120 valence electrons. The molecule has 0 aromatic heterocycles. The fraction of sp³-hybridized carbons (Fsp3) is 0.562. The molecule has 0 aliphatic carbocycles. The van der Waals surface area contributed by atoms with Gasteiger partial charge in [-0.1, -0.05) is 29.8 Å². The molecule has 3 rings (SSSR count). The van der Waals surface area contributed by atoms with Crippen LogP contribution in [0.25, 0.3) is 0 Å². The predicted octanol–water partition coefficient (Wildman–Crippen LogP) is 1.52. The van der Waals surface area contributed by atoms with Crippen LogP contribution in [-0.4, -0.2) is 49.2 Å². The number of aryl methyl sites for hydroxylation is 1. The first-order chi connectivity index (χ1) is 10.4. The van der Waals surface area contributed by atoms with Gasteiger partial charge in [0.15, 0.2) is 0 Å². The van der Waals surface area contributed by atoms with Crippen molar-refractivity contribution in [3.63, 3.8) is 0 Å². The number of likely N-dealkylation sites (N-methyl/N-ethyl adjacent to an activating group) is 1. The lowest BCUT2D eigenvalue weighted by Crippen LogP contribution is -2.51. The quantitative estimate of drug-likeness (QED) is 0.848. The number of carbonyl (C=O) groups excluding carboxylic acids is 1. The summed E-state index contributed by atoms with van der Waals surface area (Å²) in [6, 6.07) is 7.59. The molecule has 5 nitrogen and oxygen atoms in total. The molecule has 1 aromatic carbocycles. The molecule has 0 unspecified atom stereocenters. The number of fused-ring (bicyclic) bond motifs is 1. The molecule has 0 saturated carbocycles. The van der Waals surface area contributed by atoms with Gasteiger partial charge < -0.3 is 4.90 Å². The monoisotopic (exact) mass is 322 g/mol. The highest BCUT2D eigenvalue weighted by Crippen LogP contribution is 2.33. The Morgan fingerprint density at radius 1 is 1.14 bits per heavy atom. The number of likely N-dealkylation sites (tertiary alicyclic amines) is 1. The number of nitrogens with zero attached hydrogens (tertiary/aromatic N) is 2. The van der Waals surface area contributed by atoms with Gasteiger partial charge in [0.1, 0.15) is 0 Å². The third-order valence-corrected chi connectivity index (χ3v) is 6.70. The molecule has 0 radical (unpaired) electrons.